The van der Waals surface area contributed by atoms with E-state index in [4.69, 9.17) is 14.7 Å². The molecule has 0 aliphatic rings. The van der Waals surface area contributed by atoms with Crippen molar-refractivity contribution in [1.82, 2.24) is 15.0 Å². The number of rotatable bonds is 6. The van der Waals surface area contributed by atoms with Crippen LogP contribution in [0.5, 0.6) is 17.8 Å². The normalized spacial score (nSPS) is 9.76. The lowest BCUT2D eigenvalue weighted by molar-refractivity contribution is 0.360. The highest BCUT2D eigenvalue weighted by atomic mass is 16.5. The molecule has 0 unspecified atom stereocenters. The molecule has 0 spiro atoms. The second kappa shape index (κ2) is 7.05. The van der Waals surface area contributed by atoms with Crippen LogP contribution in [0.25, 0.3) is 0 Å². The van der Waals surface area contributed by atoms with Crippen LogP contribution in [0.15, 0.2) is 24.3 Å². The largest absolute Gasteiger partial charge is 0.467 e. The summed E-state index contributed by atoms with van der Waals surface area (Å²) in [6.07, 6.45) is 0.366. The Morgan fingerprint density at radius 3 is 2.48 bits per heavy atom. The maximum Gasteiger partial charge on any atom is 0.330 e. The minimum Gasteiger partial charge on any atom is -0.467 e. The molecule has 1 aromatic heterocycles. The molecule has 0 saturated carbocycles. The van der Waals surface area contributed by atoms with Gasteiger partial charge in [-0.3, -0.25) is 0 Å². The van der Waals surface area contributed by atoms with E-state index in [0.29, 0.717) is 24.7 Å². The molecule has 7 nitrogen and oxygen atoms in total. The number of anilines is 1. The van der Waals surface area contributed by atoms with E-state index in [1.165, 1.54) is 7.11 Å². The summed E-state index contributed by atoms with van der Waals surface area (Å²) < 4.78 is 10.6. The maximum atomic E-state index is 8.63. The quantitative estimate of drug-likeness (QED) is 0.869. The van der Waals surface area contributed by atoms with Crippen LogP contribution >= 0.6 is 0 Å². The van der Waals surface area contributed by atoms with E-state index in [1.807, 2.05) is 19.1 Å². The van der Waals surface area contributed by atoms with Crippen molar-refractivity contribution in [3.05, 3.63) is 29.8 Å². The summed E-state index contributed by atoms with van der Waals surface area (Å²) in [5.74, 6) is 0.966. The maximum absolute atomic E-state index is 8.63. The Balaban J connectivity index is 2.18. The molecule has 21 heavy (non-hydrogen) atoms. The molecule has 7 heteroatoms. The van der Waals surface area contributed by atoms with Crippen LogP contribution < -0.4 is 14.8 Å². The SMILES string of the molecule is CCNc1nc(OC)nc(Oc2ccc(CC#N)cc2)n1. The molecule has 1 aromatic carbocycles. The van der Waals surface area contributed by atoms with Crippen LogP contribution in [0.4, 0.5) is 5.95 Å². The molecule has 1 heterocycles. The van der Waals surface area contributed by atoms with Crippen molar-refractivity contribution in [3.8, 4) is 23.8 Å². The van der Waals surface area contributed by atoms with Crippen molar-refractivity contribution in [2.24, 2.45) is 0 Å². The number of nitrogens with one attached hydrogen (secondary N) is 1. The molecule has 0 radical (unpaired) electrons. The number of hydrogen-bond acceptors (Lipinski definition) is 7. The number of nitrogens with zero attached hydrogens (tertiary/aromatic N) is 4. The van der Waals surface area contributed by atoms with Crippen LogP contribution in [0, 0.1) is 11.3 Å². The summed E-state index contributed by atoms with van der Waals surface area (Å²) in [5, 5.41) is 11.6. The lowest BCUT2D eigenvalue weighted by Crippen LogP contribution is -2.06. The van der Waals surface area contributed by atoms with Gasteiger partial charge in [-0.25, -0.2) is 0 Å². The zero-order chi connectivity index (χ0) is 15.1. The molecule has 0 amide bonds. The number of methoxy groups -OCH3 is 1. The van der Waals surface area contributed by atoms with Gasteiger partial charge in [0.15, 0.2) is 0 Å². The molecule has 2 rings (SSSR count). The first-order chi connectivity index (χ1) is 10.2. The van der Waals surface area contributed by atoms with Crippen molar-refractivity contribution in [1.29, 1.82) is 5.26 Å². The zero-order valence-electron chi connectivity index (χ0n) is 11.8. The molecule has 0 fully saturated rings. The summed E-state index contributed by atoms with van der Waals surface area (Å²) in [6, 6.07) is 9.58. The van der Waals surface area contributed by atoms with Crippen molar-refractivity contribution < 1.29 is 9.47 Å². The van der Waals surface area contributed by atoms with E-state index >= 15 is 0 Å². The van der Waals surface area contributed by atoms with Gasteiger partial charge in [-0.05, 0) is 24.6 Å². The second-order valence-corrected chi connectivity index (χ2v) is 4.04. The molecule has 0 aliphatic carbocycles. The van der Waals surface area contributed by atoms with Gasteiger partial charge in [0, 0.05) is 6.54 Å². The van der Waals surface area contributed by atoms with Gasteiger partial charge in [0.1, 0.15) is 5.75 Å². The van der Waals surface area contributed by atoms with Crippen LogP contribution in [-0.2, 0) is 6.42 Å². The molecule has 0 saturated heterocycles. The van der Waals surface area contributed by atoms with Crippen LogP contribution in [-0.4, -0.2) is 28.6 Å². The third-order valence-corrected chi connectivity index (χ3v) is 2.53. The van der Waals surface area contributed by atoms with Crippen LogP contribution in [0.1, 0.15) is 12.5 Å². The van der Waals surface area contributed by atoms with E-state index in [2.05, 4.69) is 26.3 Å². The molecular formula is C14H15N5O2. The highest BCUT2D eigenvalue weighted by Crippen LogP contribution is 2.21. The standard InChI is InChI=1S/C14H15N5O2/c1-3-16-12-17-13(20-2)19-14(18-12)21-11-6-4-10(5-7-11)8-9-15/h4-7H,3,8H2,1-2H3,(H,16,17,18,19). The highest BCUT2D eigenvalue weighted by molar-refractivity contribution is 5.32. The third kappa shape index (κ3) is 4.04. The minimum atomic E-state index is 0.144. The Morgan fingerprint density at radius 2 is 1.86 bits per heavy atom. The fourth-order valence-corrected chi connectivity index (χ4v) is 1.58. The van der Waals surface area contributed by atoms with Gasteiger partial charge in [0.2, 0.25) is 5.95 Å². The average molecular weight is 285 g/mol. The highest BCUT2D eigenvalue weighted by Gasteiger charge is 2.08. The smallest absolute Gasteiger partial charge is 0.330 e. The van der Waals surface area contributed by atoms with E-state index < -0.39 is 0 Å². The molecule has 2 aromatic rings. The Bertz CT molecular complexity index is 637. The monoisotopic (exact) mass is 285 g/mol. The first-order valence-electron chi connectivity index (χ1n) is 6.43. The number of nitriles is 1. The summed E-state index contributed by atoms with van der Waals surface area (Å²) in [6.45, 7) is 2.61. The first-order valence-corrected chi connectivity index (χ1v) is 6.43. The molecular weight excluding hydrogens is 270 g/mol. The van der Waals surface area contributed by atoms with E-state index in [9.17, 15) is 0 Å². The van der Waals surface area contributed by atoms with Gasteiger partial charge in [-0.15, -0.1) is 4.98 Å². The Hall–Kier alpha value is -2.88. The summed E-state index contributed by atoms with van der Waals surface area (Å²) in [4.78, 5) is 12.2. The topological polar surface area (TPSA) is 93.0 Å². The summed E-state index contributed by atoms with van der Waals surface area (Å²) in [5.41, 5.74) is 0.923. The van der Waals surface area contributed by atoms with Crippen molar-refractivity contribution in [2.45, 2.75) is 13.3 Å². The third-order valence-electron chi connectivity index (χ3n) is 2.53. The van der Waals surface area contributed by atoms with Gasteiger partial charge in [0.05, 0.1) is 19.6 Å². The predicted molar refractivity (Wildman–Crippen MR) is 76.4 cm³/mol. The summed E-state index contributed by atoms with van der Waals surface area (Å²) >= 11 is 0. The molecule has 0 atom stereocenters. The minimum absolute atomic E-state index is 0.144. The number of hydrogen-bond donors (Lipinski definition) is 1. The number of ether oxygens (including phenoxy) is 2. The fraction of sp³-hybridized carbons (Fsp3) is 0.286. The van der Waals surface area contributed by atoms with Crippen LogP contribution in [0.3, 0.4) is 0 Å². The number of benzene rings is 1. The van der Waals surface area contributed by atoms with Crippen LogP contribution in [0.2, 0.25) is 0 Å². The number of aromatic nitrogens is 3. The van der Waals surface area contributed by atoms with E-state index in [1.54, 1.807) is 12.1 Å². The van der Waals surface area contributed by atoms with Gasteiger partial charge in [-0.1, -0.05) is 12.1 Å². The van der Waals surface area contributed by atoms with Gasteiger partial charge >= 0.3 is 12.0 Å². The molecule has 1 N–H and O–H groups in total. The van der Waals surface area contributed by atoms with Crippen molar-refractivity contribution in [3.63, 3.8) is 0 Å². The first kappa shape index (κ1) is 14.5. The lowest BCUT2D eigenvalue weighted by Gasteiger charge is -2.08. The fourth-order valence-electron chi connectivity index (χ4n) is 1.58. The van der Waals surface area contributed by atoms with Gasteiger partial charge in [0.25, 0.3) is 0 Å². The predicted octanol–water partition coefficient (Wildman–Crippen LogP) is 2.17. The van der Waals surface area contributed by atoms with Crippen molar-refractivity contribution >= 4 is 5.95 Å². The lowest BCUT2D eigenvalue weighted by atomic mass is 10.2. The summed E-state index contributed by atoms with van der Waals surface area (Å²) in [7, 11) is 1.48. The Kier molecular flexibility index (Phi) is 4.88. The average Bonchev–Trinajstić information content (AvgIpc) is 2.49. The Morgan fingerprint density at radius 1 is 1.14 bits per heavy atom. The second-order valence-electron chi connectivity index (χ2n) is 4.04. The molecule has 0 aliphatic heterocycles. The zero-order valence-corrected chi connectivity index (χ0v) is 11.8. The van der Waals surface area contributed by atoms with E-state index in [0.717, 1.165) is 5.56 Å². The molecule has 108 valence electrons. The van der Waals surface area contributed by atoms with Gasteiger partial charge in [-0.2, -0.15) is 15.2 Å². The molecule has 0 bridgehead atoms. The van der Waals surface area contributed by atoms with E-state index in [-0.39, 0.29) is 12.0 Å². The Labute approximate surface area is 122 Å². The van der Waals surface area contributed by atoms with Gasteiger partial charge < -0.3 is 14.8 Å². The van der Waals surface area contributed by atoms with Crippen molar-refractivity contribution in [2.75, 3.05) is 19.0 Å².